The summed E-state index contributed by atoms with van der Waals surface area (Å²) in [6.45, 7) is 0. The summed E-state index contributed by atoms with van der Waals surface area (Å²) in [5.74, 6) is -1.24. The molecule has 0 atom stereocenters. The Morgan fingerprint density at radius 3 is 2.47 bits per heavy atom. The van der Waals surface area contributed by atoms with Gasteiger partial charge in [-0.1, -0.05) is 6.07 Å². The normalized spacial score (nSPS) is 10.4. The second-order valence-electron chi connectivity index (χ2n) is 2.94. The zero-order valence-electron chi connectivity index (χ0n) is 7.40. The van der Waals surface area contributed by atoms with Crippen LogP contribution in [-0.4, -0.2) is 21.3 Å². The molecule has 2 aromatic rings. The smallest absolute Gasteiger partial charge is 0.336 e. The molecule has 0 saturated carbocycles. The number of aromatic amines is 2. The SMILES string of the molecule is O=C(O)c1cccc2c(=O)[nH][nH]c(=O)c12. The van der Waals surface area contributed by atoms with Crippen LogP contribution in [0, 0.1) is 0 Å². The molecule has 0 aliphatic heterocycles. The van der Waals surface area contributed by atoms with Gasteiger partial charge in [-0.05, 0) is 12.1 Å². The van der Waals surface area contributed by atoms with E-state index >= 15 is 0 Å². The lowest BCUT2D eigenvalue weighted by Gasteiger charge is -1.99. The second-order valence-corrected chi connectivity index (χ2v) is 2.94. The maximum atomic E-state index is 11.4. The van der Waals surface area contributed by atoms with Crippen molar-refractivity contribution in [2.45, 2.75) is 0 Å². The topological polar surface area (TPSA) is 103 Å². The Hall–Kier alpha value is -2.37. The molecule has 15 heavy (non-hydrogen) atoms. The van der Waals surface area contributed by atoms with Crippen molar-refractivity contribution in [1.82, 2.24) is 10.2 Å². The van der Waals surface area contributed by atoms with Crippen molar-refractivity contribution in [3.05, 3.63) is 44.5 Å². The highest BCUT2D eigenvalue weighted by Gasteiger charge is 2.12. The summed E-state index contributed by atoms with van der Waals surface area (Å²) < 4.78 is 0. The number of nitrogens with one attached hydrogen (secondary N) is 2. The average Bonchev–Trinajstić information content (AvgIpc) is 2.23. The Morgan fingerprint density at radius 2 is 1.80 bits per heavy atom. The van der Waals surface area contributed by atoms with E-state index in [0.29, 0.717) is 0 Å². The first-order valence-electron chi connectivity index (χ1n) is 4.08. The molecule has 0 amide bonds. The quantitative estimate of drug-likeness (QED) is 0.606. The van der Waals surface area contributed by atoms with Gasteiger partial charge in [-0.25, -0.2) is 4.79 Å². The molecule has 2 rings (SSSR count). The summed E-state index contributed by atoms with van der Waals surface area (Å²) in [4.78, 5) is 33.5. The third-order valence-electron chi connectivity index (χ3n) is 2.06. The summed E-state index contributed by atoms with van der Waals surface area (Å²) in [6.07, 6.45) is 0. The van der Waals surface area contributed by atoms with Gasteiger partial charge in [0, 0.05) is 0 Å². The van der Waals surface area contributed by atoms with Crippen molar-refractivity contribution in [2.24, 2.45) is 0 Å². The minimum absolute atomic E-state index is 0.0682. The molecule has 0 saturated heterocycles. The molecule has 6 heteroatoms. The summed E-state index contributed by atoms with van der Waals surface area (Å²) >= 11 is 0. The number of hydrogen-bond acceptors (Lipinski definition) is 3. The van der Waals surface area contributed by atoms with Gasteiger partial charge < -0.3 is 5.11 Å². The number of fused-ring (bicyclic) bond motifs is 1. The molecule has 3 N–H and O–H groups in total. The minimum Gasteiger partial charge on any atom is -0.478 e. The fraction of sp³-hybridized carbons (Fsp3) is 0. The second kappa shape index (κ2) is 3.09. The average molecular weight is 206 g/mol. The predicted octanol–water partition coefficient (Wildman–Crippen LogP) is -0.0854. The van der Waals surface area contributed by atoms with Crippen LogP contribution < -0.4 is 11.1 Å². The highest BCUT2D eigenvalue weighted by atomic mass is 16.4. The highest BCUT2D eigenvalue weighted by Crippen LogP contribution is 2.10. The number of carbonyl (C=O) groups is 1. The van der Waals surface area contributed by atoms with Gasteiger partial charge in [0.1, 0.15) is 0 Å². The molecule has 0 bridgehead atoms. The van der Waals surface area contributed by atoms with Crippen molar-refractivity contribution in [1.29, 1.82) is 0 Å². The number of rotatable bonds is 1. The van der Waals surface area contributed by atoms with Crippen molar-refractivity contribution in [2.75, 3.05) is 0 Å². The van der Waals surface area contributed by atoms with E-state index in [1.807, 2.05) is 0 Å². The van der Waals surface area contributed by atoms with E-state index in [1.54, 1.807) is 0 Å². The Bertz CT molecular complexity index is 653. The van der Waals surface area contributed by atoms with Crippen LogP contribution in [0.2, 0.25) is 0 Å². The summed E-state index contributed by atoms with van der Waals surface area (Å²) in [6, 6.07) is 4.09. The third-order valence-corrected chi connectivity index (χ3v) is 2.06. The first-order valence-corrected chi connectivity index (χ1v) is 4.08. The number of benzene rings is 1. The van der Waals surface area contributed by atoms with Crippen LogP contribution in [0.1, 0.15) is 10.4 Å². The van der Waals surface area contributed by atoms with E-state index in [9.17, 15) is 14.4 Å². The molecule has 6 nitrogen and oxygen atoms in total. The van der Waals surface area contributed by atoms with E-state index in [0.717, 1.165) is 0 Å². The Kier molecular flexibility index (Phi) is 1.89. The lowest BCUT2D eigenvalue weighted by Crippen LogP contribution is -2.21. The molecule has 1 heterocycles. The van der Waals surface area contributed by atoms with Crippen molar-refractivity contribution in [3.63, 3.8) is 0 Å². The van der Waals surface area contributed by atoms with Crippen molar-refractivity contribution < 1.29 is 9.90 Å². The number of carboxylic acid groups (broad SMARTS) is 1. The first kappa shape index (κ1) is 9.20. The van der Waals surface area contributed by atoms with Gasteiger partial charge in [0.15, 0.2) is 0 Å². The molecule has 0 radical (unpaired) electrons. The molecule has 0 aliphatic carbocycles. The molecule has 0 spiro atoms. The standard InChI is InChI=1S/C9H6N2O4/c12-7-4-2-1-3-5(9(14)15)6(4)8(13)11-10-7/h1-3H,(H,10,12)(H,11,13)(H,14,15). The monoisotopic (exact) mass is 206 g/mol. The molecule has 1 aromatic heterocycles. The zero-order valence-corrected chi connectivity index (χ0v) is 7.40. The van der Waals surface area contributed by atoms with Gasteiger partial charge in [0.25, 0.3) is 11.1 Å². The van der Waals surface area contributed by atoms with E-state index < -0.39 is 17.1 Å². The molecular weight excluding hydrogens is 200 g/mol. The molecule has 0 fully saturated rings. The lowest BCUT2D eigenvalue weighted by atomic mass is 10.1. The van der Waals surface area contributed by atoms with Crippen LogP contribution in [0.5, 0.6) is 0 Å². The first-order chi connectivity index (χ1) is 7.11. The van der Waals surface area contributed by atoms with Crippen LogP contribution in [0.4, 0.5) is 0 Å². The highest BCUT2D eigenvalue weighted by molar-refractivity contribution is 6.02. The Morgan fingerprint density at radius 1 is 1.13 bits per heavy atom. The molecular formula is C9H6N2O4. The molecule has 0 aliphatic rings. The fourth-order valence-electron chi connectivity index (χ4n) is 1.41. The number of aromatic carboxylic acids is 1. The third kappa shape index (κ3) is 1.32. The van der Waals surface area contributed by atoms with Gasteiger partial charge in [-0.15, -0.1) is 0 Å². The van der Waals surface area contributed by atoms with E-state index in [-0.39, 0.29) is 16.3 Å². The number of carboxylic acids is 1. The van der Waals surface area contributed by atoms with Crippen molar-refractivity contribution in [3.8, 4) is 0 Å². The van der Waals surface area contributed by atoms with Crippen molar-refractivity contribution >= 4 is 16.7 Å². The van der Waals surface area contributed by atoms with Gasteiger partial charge in [-0.2, -0.15) is 0 Å². The maximum Gasteiger partial charge on any atom is 0.336 e. The van der Waals surface area contributed by atoms with Crippen LogP contribution in [-0.2, 0) is 0 Å². The number of H-pyrrole nitrogens is 2. The minimum atomic E-state index is -1.24. The van der Waals surface area contributed by atoms with Gasteiger partial charge in [-0.3, -0.25) is 19.8 Å². The van der Waals surface area contributed by atoms with Crippen LogP contribution in [0.15, 0.2) is 27.8 Å². The maximum absolute atomic E-state index is 11.4. The fourth-order valence-corrected chi connectivity index (χ4v) is 1.41. The Labute approximate surface area is 82.2 Å². The molecule has 0 unspecified atom stereocenters. The van der Waals surface area contributed by atoms with Crippen LogP contribution in [0.3, 0.4) is 0 Å². The number of hydrogen-bond donors (Lipinski definition) is 3. The van der Waals surface area contributed by atoms with E-state index in [2.05, 4.69) is 10.2 Å². The Balaban J connectivity index is 3.10. The largest absolute Gasteiger partial charge is 0.478 e. The van der Waals surface area contributed by atoms with E-state index in [4.69, 9.17) is 5.11 Å². The van der Waals surface area contributed by atoms with Gasteiger partial charge in [0.2, 0.25) is 0 Å². The molecule has 76 valence electrons. The van der Waals surface area contributed by atoms with Crippen LogP contribution >= 0.6 is 0 Å². The summed E-state index contributed by atoms with van der Waals surface area (Å²) in [5.41, 5.74) is -1.32. The van der Waals surface area contributed by atoms with Gasteiger partial charge >= 0.3 is 5.97 Å². The van der Waals surface area contributed by atoms with Gasteiger partial charge in [0.05, 0.1) is 16.3 Å². The summed E-state index contributed by atoms with van der Waals surface area (Å²) in [5, 5.41) is 13.0. The predicted molar refractivity (Wildman–Crippen MR) is 52.1 cm³/mol. The number of aromatic nitrogens is 2. The van der Waals surface area contributed by atoms with E-state index in [1.165, 1.54) is 18.2 Å². The molecule has 1 aromatic carbocycles. The van der Waals surface area contributed by atoms with Crippen LogP contribution in [0.25, 0.3) is 10.8 Å². The summed E-state index contributed by atoms with van der Waals surface area (Å²) in [7, 11) is 0. The lowest BCUT2D eigenvalue weighted by molar-refractivity contribution is 0.0699. The zero-order chi connectivity index (χ0) is 11.0.